The highest BCUT2D eigenvalue weighted by atomic mass is 35.5. The van der Waals surface area contributed by atoms with E-state index in [0.717, 1.165) is 0 Å². The molecule has 0 aromatic heterocycles. The Morgan fingerprint density at radius 2 is 1.14 bits per heavy atom. The van der Waals surface area contributed by atoms with E-state index in [9.17, 15) is 9.59 Å². The molecule has 0 aliphatic rings. The summed E-state index contributed by atoms with van der Waals surface area (Å²) in [4.78, 5) is 21.5. The Morgan fingerprint density at radius 1 is 0.857 bits per heavy atom. The predicted molar refractivity (Wildman–Crippen MR) is 56.9 cm³/mol. The van der Waals surface area contributed by atoms with E-state index in [1.54, 1.807) is 12.1 Å². The van der Waals surface area contributed by atoms with Crippen LogP contribution in [0.25, 0.3) is 0 Å². The van der Waals surface area contributed by atoms with Crippen molar-refractivity contribution >= 4 is 33.7 Å². The first-order chi connectivity index (χ1) is 5.63. The Labute approximate surface area is 91.4 Å². The molecule has 0 saturated heterocycles. The van der Waals surface area contributed by atoms with Gasteiger partial charge in [-0.25, -0.2) is 0 Å². The maximum atomic E-state index is 10.7. The summed E-state index contributed by atoms with van der Waals surface area (Å²) >= 11 is 10.4. The summed E-state index contributed by atoms with van der Waals surface area (Å²) in [7, 11) is 0. The van der Waals surface area contributed by atoms with E-state index in [1.807, 2.05) is 0 Å². The molecule has 78 valence electrons. The minimum absolute atomic E-state index is 0. The summed E-state index contributed by atoms with van der Waals surface area (Å²) in [5.74, 6) is 0. The van der Waals surface area contributed by atoms with Crippen LogP contribution in [0, 0.1) is 0 Å². The van der Waals surface area contributed by atoms with Gasteiger partial charge < -0.3 is 12.3 Å². The van der Waals surface area contributed by atoms with E-state index in [4.69, 9.17) is 23.2 Å². The van der Waals surface area contributed by atoms with Gasteiger partial charge >= 0.3 is 0 Å². The average molecular weight is 237 g/mol. The Balaban J connectivity index is 0. The number of rotatable bonds is 2. The van der Waals surface area contributed by atoms with Crippen LogP contribution in [0.3, 0.4) is 0 Å². The van der Waals surface area contributed by atoms with E-state index < -0.39 is 10.5 Å². The van der Waals surface area contributed by atoms with Gasteiger partial charge in [0.1, 0.15) is 0 Å². The third-order valence-corrected chi connectivity index (χ3v) is 1.76. The first-order valence-corrected chi connectivity index (χ1v) is 3.87. The van der Waals surface area contributed by atoms with Crippen molar-refractivity contribution in [3.05, 3.63) is 35.4 Å². The van der Waals surface area contributed by atoms with Gasteiger partial charge in [-0.3, -0.25) is 9.59 Å². The summed E-state index contributed by atoms with van der Waals surface area (Å²) in [5.41, 5.74) is 0.276. The van der Waals surface area contributed by atoms with Gasteiger partial charge in [0.25, 0.3) is 10.5 Å². The van der Waals surface area contributed by atoms with Gasteiger partial charge in [-0.15, -0.1) is 0 Å². The highest BCUT2D eigenvalue weighted by molar-refractivity contribution is 6.71. The molecule has 0 atom stereocenters. The third kappa shape index (κ3) is 3.43. The molecule has 0 fully saturated rings. The van der Waals surface area contributed by atoms with E-state index in [0.29, 0.717) is 0 Å². The van der Waals surface area contributed by atoms with Crippen LogP contribution in [0.4, 0.5) is 0 Å². The zero-order valence-electron chi connectivity index (χ0n) is 7.30. The molecule has 0 radical (unpaired) electrons. The van der Waals surface area contributed by atoms with E-state index in [2.05, 4.69) is 0 Å². The molecule has 0 aliphatic carbocycles. The van der Waals surface area contributed by atoms with Crippen LogP contribution in [0.15, 0.2) is 24.3 Å². The van der Waals surface area contributed by atoms with Crippen molar-refractivity contribution in [2.24, 2.45) is 0 Å². The topological polar surface area (TPSA) is 104 Å². The molecule has 0 saturated carbocycles. The Hall–Kier alpha value is -0.940. The molecule has 0 spiro atoms. The average Bonchev–Trinajstić information content (AvgIpc) is 2.04. The molecule has 0 unspecified atom stereocenters. The van der Waals surface area contributed by atoms with Gasteiger partial charge in [-0.2, -0.15) is 0 Å². The number of carbonyl (C=O) groups excluding carboxylic acids is 2. The summed E-state index contributed by atoms with van der Waals surface area (Å²) in [6.07, 6.45) is 0. The lowest BCUT2D eigenvalue weighted by Crippen LogP contribution is -1.99. The van der Waals surface area contributed by atoms with Crippen molar-refractivity contribution in [2.45, 2.75) is 0 Å². The molecule has 1 rings (SSSR count). The lowest BCUT2D eigenvalue weighted by atomic mass is 10.1. The molecule has 4 nitrogen and oxygen atoms in total. The van der Waals surface area contributed by atoms with Crippen LogP contribution in [0.2, 0.25) is 0 Å². The van der Waals surface area contributed by atoms with Crippen molar-refractivity contribution in [1.29, 1.82) is 0 Å². The van der Waals surface area contributed by atoms with Gasteiger partial charge in [0, 0.05) is 11.1 Å². The first-order valence-electron chi connectivity index (χ1n) is 3.11. The summed E-state index contributed by atoms with van der Waals surface area (Å²) in [6.45, 7) is 0. The van der Waals surface area contributed by atoms with Crippen molar-refractivity contribution < 1.29 is 9.59 Å². The third-order valence-electron chi connectivity index (χ3n) is 1.35. The maximum Gasteiger partial charge on any atom is 0.253 e. The zero-order chi connectivity index (χ0) is 9.14. The summed E-state index contributed by atoms with van der Waals surface area (Å²) in [5, 5.41) is -1.36. The summed E-state index contributed by atoms with van der Waals surface area (Å²) < 4.78 is 0. The monoisotopic (exact) mass is 236 g/mol. The molecule has 0 aliphatic heterocycles. The second-order valence-electron chi connectivity index (χ2n) is 2.09. The van der Waals surface area contributed by atoms with Crippen LogP contribution < -0.4 is 12.3 Å². The Kier molecular flexibility index (Phi) is 7.21. The molecule has 1 aromatic carbocycles. The molecular weight excluding hydrogens is 227 g/mol. The Bertz CT molecular complexity index is 309. The SMILES string of the molecule is N.N.O=C(Cl)c1ccccc1C(=O)Cl. The standard InChI is InChI=1S/C8H4Cl2O2.2H3N/c9-7(11)5-3-1-2-4-6(5)8(10)12;;/h1-4H;2*1H3. The second kappa shape index (κ2) is 6.50. The van der Waals surface area contributed by atoms with Crippen molar-refractivity contribution in [3.8, 4) is 0 Å². The summed E-state index contributed by atoms with van der Waals surface area (Å²) in [6, 6.07) is 6.12. The number of carbonyl (C=O) groups is 2. The van der Waals surface area contributed by atoms with Gasteiger partial charge in [0.15, 0.2) is 0 Å². The smallest absolute Gasteiger partial charge is 0.253 e. The largest absolute Gasteiger partial charge is 0.344 e. The van der Waals surface area contributed by atoms with Crippen LogP contribution in [-0.4, -0.2) is 10.5 Å². The molecule has 14 heavy (non-hydrogen) atoms. The first kappa shape index (κ1) is 15.5. The number of hydrogen-bond donors (Lipinski definition) is 2. The van der Waals surface area contributed by atoms with E-state index >= 15 is 0 Å². The van der Waals surface area contributed by atoms with Crippen LogP contribution in [0.1, 0.15) is 20.7 Å². The lowest BCUT2D eigenvalue weighted by Gasteiger charge is -1.98. The number of benzene rings is 1. The van der Waals surface area contributed by atoms with Gasteiger partial charge in [-0.05, 0) is 35.3 Å². The van der Waals surface area contributed by atoms with Crippen LogP contribution in [-0.2, 0) is 0 Å². The zero-order valence-corrected chi connectivity index (χ0v) is 8.81. The fourth-order valence-electron chi connectivity index (χ4n) is 0.826. The van der Waals surface area contributed by atoms with Crippen LogP contribution in [0.5, 0.6) is 0 Å². The molecule has 1 aromatic rings. The Morgan fingerprint density at radius 3 is 1.36 bits per heavy atom. The number of halogens is 2. The highest BCUT2D eigenvalue weighted by Crippen LogP contribution is 2.13. The van der Waals surface area contributed by atoms with E-state index in [1.165, 1.54) is 12.1 Å². The molecule has 6 heteroatoms. The van der Waals surface area contributed by atoms with Crippen molar-refractivity contribution in [1.82, 2.24) is 12.3 Å². The maximum absolute atomic E-state index is 10.7. The second-order valence-corrected chi connectivity index (χ2v) is 2.78. The molecule has 0 amide bonds. The normalized spacial score (nSPS) is 8.14. The fourth-order valence-corrected chi connectivity index (χ4v) is 1.16. The predicted octanol–water partition coefficient (Wildman–Crippen LogP) is 2.77. The molecule has 0 bridgehead atoms. The molecular formula is C8H10Cl2N2O2. The van der Waals surface area contributed by atoms with Crippen LogP contribution >= 0.6 is 23.2 Å². The minimum atomic E-state index is -0.681. The highest BCUT2D eigenvalue weighted by Gasteiger charge is 2.12. The minimum Gasteiger partial charge on any atom is -0.344 e. The quantitative estimate of drug-likeness (QED) is 0.771. The molecule has 6 N–H and O–H groups in total. The van der Waals surface area contributed by atoms with Gasteiger partial charge in [-0.1, -0.05) is 12.1 Å². The number of hydrogen-bond acceptors (Lipinski definition) is 4. The molecule has 0 heterocycles. The van der Waals surface area contributed by atoms with E-state index in [-0.39, 0.29) is 23.4 Å². The van der Waals surface area contributed by atoms with Gasteiger partial charge in [0.05, 0.1) is 0 Å². The van der Waals surface area contributed by atoms with Crippen molar-refractivity contribution in [2.75, 3.05) is 0 Å². The lowest BCUT2D eigenvalue weighted by molar-refractivity contribution is 0.105. The fraction of sp³-hybridized carbons (Fsp3) is 0. The van der Waals surface area contributed by atoms with Crippen molar-refractivity contribution in [3.63, 3.8) is 0 Å². The van der Waals surface area contributed by atoms with Gasteiger partial charge in [0.2, 0.25) is 0 Å².